The van der Waals surface area contributed by atoms with Gasteiger partial charge in [-0.1, -0.05) is 144 Å². The molecule has 0 radical (unpaired) electrons. The van der Waals surface area contributed by atoms with Gasteiger partial charge in [-0.25, -0.2) is 4.98 Å². The Morgan fingerprint density at radius 3 is 1.75 bits per heavy atom. The normalized spacial score (nSPS) is 12.1. The first-order valence-electron chi connectivity index (χ1n) is 20.7. The maximum atomic E-state index is 6.61. The molecule has 60 heavy (non-hydrogen) atoms. The van der Waals surface area contributed by atoms with E-state index in [4.69, 9.17) is 19.7 Å². The second-order valence-corrected chi connectivity index (χ2v) is 16.9. The van der Waals surface area contributed by atoms with Crippen molar-refractivity contribution >= 4 is 54.9 Å². The molecule has 0 aliphatic rings. The molecule has 10 aromatic rings. The fourth-order valence-electron chi connectivity index (χ4n) is 9.02. The van der Waals surface area contributed by atoms with Gasteiger partial charge in [0.15, 0.2) is 0 Å². The van der Waals surface area contributed by atoms with Gasteiger partial charge in [0.1, 0.15) is 5.65 Å². The Kier molecular flexibility index (Phi) is 10.1. The topological polar surface area (TPSA) is 69.6 Å². The summed E-state index contributed by atoms with van der Waals surface area (Å²) < 4.78 is 10.9. The summed E-state index contributed by atoms with van der Waals surface area (Å²) in [6, 6.07) is 37.1. The summed E-state index contributed by atoms with van der Waals surface area (Å²) >= 11 is 0. The fourth-order valence-corrected chi connectivity index (χ4v) is 9.02. The maximum Gasteiger partial charge on any atom is 2.00 e. The van der Waals surface area contributed by atoms with Crippen LogP contribution in [0.25, 0.3) is 77.4 Å². The molecule has 0 fully saturated rings. The van der Waals surface area contributed by atoms with Gasteiger partial charge < -0.3 is 13.5 Å². The Labute approximate surface area is 364 Å². The van der Waals surface area contributed by atoms with Gasteiger partial charge in [-0.15, -0.1) is 12.1 Å². The number of ether oxygens (including phenoxy) is 1. The van der Waals surface area contributed by atoms with Crippen molar-refractivity contribution in [2.45, 2.75) is 79.1 Å². The average molecular weight is 966 g/mol. The fraction of sp³-hybridized carbons (Fsp3) is 0.231. The van der Waals surface area contributed by atoms with E-state index in [-0.39, 0.29) is 21.1 Å². The van der Waals surface area contributed by atoms with Crippen molar-refractivity contribution in [3.63, 3.8) is 0 Å². The van der Waals surface area contributed by atoms with Crippen molar-refractivity contribution < 1.29 is 25.8 Å². The monoisotopic (exact) mass is 965 g/mol. The minimum Gasteiger partial charge on any atom is -0.497 e. The van der Waals surface area contributed by atoms with Crippen LogP contribution in [-0.2, 0) is 21.1 Å². The molecule has 0 bridgehead atoms. The van der Waals surface area contributed by atoms with Crippen molar-refractivity contribution in [1.82, 2.24) is 28.7 Å². The summed E-state index contributed by atoms with van der Waals surface area (Å²) in [4.78, 5) is 20.3. The molecule has 0 saturated carbocycles. The van der Waals surface area contributed by atoms with Gasteiger partial charge in [0, 0.05) is 47.4 Å². The minimum atomic E-state index is 0. The van der Waals surface area contributed by atoms with Crippen LogP contribution in [0.5, 0.6) is 11.5 Å². The standard InChI is InChI=1S/C52H46N6O.Pt/c1-29(2)35-12-9-13-36(30(3)4)47(35)44-22-21-41-39-19-17-33(59-34-18-20-40-43(27-34)50-54-24-25-57(50)45-16-11-23-53-49(40)45)26-42(39)51-55-28-46(58(51)52(41)56-44)48-37(31(5)6)14-10-15-38(48)32(7)8;/h9-25,28-32H,1-8H3;/q-2;+2. The summed E-state index contributed by atoms with van der Waals surface area (Å²) in [5, 5.41) is 4.71. The van der Waals surface area contributed by atoms with Gasteiger partial charge >= 0.3 is 21.1 Å². The SMILES string of the molecule is CC(C)c1cccc(C(C)C)c1-c1ccc2c3ccc(Oc4[c-]c5c(cc4)c4ncccc4n4ccnc54)[c-]c3c3ncc(-c4c(C(C)C)cccc4C(C)C)n3c2n1.[Pt+2]. The number of nitrogens with zero attached hydrogens (tertiary/aromatic N) is 6. The van der Waals surface area contributed by atoms with Crippen LogP contribution in [0.3, 0.4) is 0 Å². The zero-order valence-corrected chi connectivity index (χ0v) is 37.4. The third-order valence-electron chi connectivity index (χ3n) is 11.8. The van der Waals surface area contributed by atoms with Crippen molar-refractivity contribution in [3.05, 3.63) is 144 Å². The number of imidazole rings is 2. The Hall–Kier alpha value is -5.91. The molecule has 300 valence electrons. The molecule has 7 nitrogen and oxygen atoms in total. The second-order valence-electron chi connectivity index (χ2n) is 16.9. The Balaban J connectivity index is 0.00000462. The molecule has 0 N–H and O–H groups in total. The first kappa shape index (κ1) is 39.5. The quantitative estimate of drug-likeness (QED) is 0.112. The van der Waals surface area contributed by atoms with Crippen LogP contribution >= 0.6 is 0 Å². The van der Waals surface area contributed by atoms with Gasteiger partial charge in [-0.05, 0) is 69.5 Å². The number of hydrogen-bond donors (Lipinski definition) is 0. The van der Waals surface area contributed by atoms with Gasteiger partial charge in [-0.3, -0.25) is 15.0 Å². The number of aromatic nitrogens is 6. The van der Waals surface area contributed by atoms with E-state index in [9.17, 15) is 0 Å². The van der Waals surface area contributed by atoms with E-state index in [1.165, 1.54) is 33.4 Å². The van der Waals surface area contributed by atoms with Gasteiger partial charge in [0.2, 0.25) is 0 Å². The van der Waals surface area contributed by atoms with E-state index in [0.29, 0.717) is 35.2 Å². The van der Waals surface area contributed by atoms with Crippen LogP contribution in [0.4, 0.5) is 0 Å². The van der Waals surface area contributed by atoms with Crippen LogP contribution in [0.2, 0.25) is 0 Å². The number of hydrogen-bond acceptors (Lipinski definition) is 5. The van der Waals surface area contributed by atoms with Crippen LogP contribution < -0.4 is 4.74 Å². The van der Waals surface area contributed by atoms with E-state index in [1.807, 2.05) is 49.1 Å². The third-order valence-corrected chi connectivity index (χ3v) is 11.8. The second kappa shape index (κ2) is 15.3. The Morgan fingerprint density at radius 2 is 1.12 bits per heavy atom. The summed E-state index contributed by atoms with van der Waals surface area (Å²) in [6.45, 7) is 18.1. The van der Waals surface area contributed by atoms with E-state index in [1.54, 1.807) is 0 Å². The summed E-state index contributed by atoms with van der Waals surface area (Å²) in [7, 11) is 0. The van der Waals surface area contributed by atoms with Crippen molar-refractivity contribution in [3.8, 4) is 34.0 Å². The summed E-state index contributed by atoms with van der Waals surface area (Å²) in [5.41, 5.74) is 14.0. The molecule has 0 spiro atoms. The minimum absolute atomic E-state index is 0. The van der Waals surface area contributed by atoms with E-state index < -0.39 is 0 Å². The van der Waals surface area contributed by atoms with Crippen LogP contribution in [0, 0.1) is 12.1 Å². The van der Waals surface area contributed by atoms with Gasteiger partial charge in [0.05, 0.1) is 33.7 Å². The summed E-state index contributed by atoms with van der Waals surface area (Å²) in [6.07, 6.45) is 7.62. The predicted molar refractivity (Wildman–Crippen MR) is 241 cm³/mol. The molecule has 4 aromatic carbocycles. The predicted octanol–water partition coefficient (Wildman–Crippen LogP) is 13.6. The zero-order valence-electron chi connectivity index (χ0n) is 35.1. The first-order chi connectivity index (χ1) is 28.6. The molecular weight excluding hydrogens is 920 g/mol. The number of benzene rings is 4. The van der Waals surface area contributed by atoms with Crippen LogP contribution in [0.15, 0.2) is 110 Å². The molecule has 0 aliphatic heterocycles. The van der Waals surface area contributed by atoms with Crippen molar-refractivity contribution in [2.75, 3.05) is 0 Å². The van der Waals surface area contributed by atoms with E-state index >= 15 is 0 Å². The number of fused-ring (bicyclic) bond motifs is 12. The van der Waals surface area contributed by atoms with E-state index in [0.717, 1.165) is 66.3 Å². The van der Waals surface area contributed by atoms with Crippen molar-refractivity contribution in [2.24, 2.45) is 0 Å². The zero-order chi connectivity index (χ0) is 40.7. The molecular formula is C52H46N6OPt. The molecule has 8 heteroatoms. The van der Waals surface area contributed by atoms with Crippen LogP contribution in [-0.4, -0.2) is 28.7 Å². The molecule has 10 rings (SSSR count). The average Bonchev–Trinajstić information content (AvgIpc) is 3.92. The smallest absolute Gasteiger partial charge is 0.497 e. The van der Waals surface area contributed by atoms with Gasteiger partial charge in [-0.2, -0.15) is 0 Å². The van der Waals surface area contributed by atoms with Crippen molar-refractivity contribution in [1.29, 1.82) is 0 Å². The molecule has 0 saturated heterocycles. The molecule has 0 amide bonds. The Morgan fingerprint density at radius 1 is 0.533 bits per heavy atom. The maximum absolute atomic E-state index is 6.61. The van der Waals surface area contributed by atoms with E-state index in [2.05, 4.69) is 142 Å². The molecule has 6 aromatic heterocycles. The third kappa shape index (κ3) is 6.28. The first-order valence-corrected chi connectivity index (χ1v) is 20.7. The molecule has 6 heterocycles. The molecule has 0 aliphatic carbocycles. The molecule has 0 atom stereocenters. The number of rotatable bonds is 8. The number of pyridine rings is 4. The van der Waals surface area contributed by atoms with Gasteiger partial charge in [0.25, 0.3) is 0 Å². The summed E-state index contributed by atoms with van der Waals surface area (Å²) in [5.74, 6) is 2.42. The largest absolute Gasteiger partial charge is 2.00 e. The Bertz CT molecular complexity index is 3230. The molecule has 0 unspecified atom stereocenters. The van der Waals surface area contributed by atoms with Crippen LogP contribution in [0.1, 0.15) is 101 Å².